The highest BCUT2D eigenvalue weighted by Crippen LogP contribution is 2.35. The summed E-state index contributed by atoms with van der Waals surface area (Å²) in [5, 5.41) is 4.78. The highest BCUT2D eigenvalue weighted by molar-refractivity contribution is 7.18. The molecule has 3 aromatic rings. The van der Waals surface area contributed by atoms with Gasteiger partial charge < -0.3 is 4.74 Å². The van der Waals surface area contributed by atoms with Gasteiger partial charge in [-0.05, 0) is 50.8 Å². The van der Waals surface area contributed by atoms with Gasteiger partial charge in [-0.25, -0.2) is 19.8 Å². The van der Waals surface area contributed by atoms with Gasteiger partial charge in [-0.3, -0.25) is 4.79 Å². The van der Waals surface area contributed by atoms with E-state index in [9.17, 15) is 9.59 Å². The van der Waals surface area contributed by atoms with Gasteiger partial charge in [-0.2, -0.15) is 5.10 Å². The zero-order valence-corrected chi connectivity index (χ0v) is 16.5. The second kappa shape index (κ2) is 7.55. The van der Waals surface area contributed by atoms with E-state index in [0.29, 0.717) is 15.9 Å². The minimum Gasteiger partial charge on any atom is -0.461 e. The number of carbonyl (C=O) groups is 1. The lowest BCUT2D eigenvalue weighted by Gasteiger charge is -2.12. The lowest BCUT2D eigenvalue weighted by Crippen LogP contribution is -2.23. The third-order valence-electron chi connectivity index (χ3n) is 4.65. The molecule has 0 unspecified atom stereocenters. The number of fused-ring (bicyclic) bond motifs is 3. The van der Waals surface area contributed by atoms with Crippen molar-refractivity contribution in [1.82, 2.24) is 9.55 Å². The Morgan fingerprint density at radius 1 is 1.32 bits per heavy atom. The van der Waals surface area contributed by atoms with E-state index >= 15 is 0 Å². The van der Waals surface area contributed by atoms with E-state index in [-0.39, 0.29) is 23.8 Å². The lowest BCUT2D eigenvalue weighted by atomic mass is 10.2. The van der Waals surface area contributed by atoms with Gasteiger partial charge in [0, 0.05) is 4.88 Å². The van der Waals surface area contributed by atoms with Crippen molar-refractivity contribution in [2.45, 2.75) is 33.1 Å². The first-order valence-corrected chi connectivity index (χ1v) is 10.0. The maximum atomic E-state index is 13.4. The van der Waals surface area contributed by atoms with Crippen LogP contribution in [0.5, 0.6) is 0 Å². The van der Waals surface area contributed by atoms with Crippen LogP contribution in [0.3, 0.4) is 0 Å². The van der Waals surface area contributed by atoms with Gasteiger partial charge in [0.2, 0.25) is 5.95 Å². The maximum Gasteiger partial charge on any atom is 0.354 e. The number of hydrazone groups is 1. The summed E-state index contributed by atoms with van der Waals surface area (Å²) in [4.78, 5) is 31.8. The van der Waals surface area contributed by atoms with Crippen LogP contribution in [-0.2, 0) is 22.4 Å². The van der Waals surface area contributed by atoms with E-state index < -0.39 is 5.97 Å². The van der Waals surface area contributed by atoms with Crippen molar-refractivity contribution in [2.75, 3.05) is 12.0 Å². The van der Waals surface area contributed by atoms with E-state index in [4.69, 9.17) is 4.74 Å². The summed E-state index contributed by atoms with van der Waals surface area (Å²) in [6, 6.07) is 9.30. The number of carbonyl (C=O) groups excluding carboxylic acids is 1. The van der Waals surface area contributed by atoms with Crippen molar-refractivity contribution in [3.05, 3.63) is 51.1 Å². The molecule has 28 heavy (non-hydrogen) atoms. The number of nitrogens with one attached hydrogen (secondary N) is 1. The monoisotopic (exact) mass is 396 g/mol. The molecule has 0 bridgehead atoms. The molecule has 1 aliphatic rings. The summed E-state index contributed by atoms with van der Waals surface area (Å²) in [5.41, 5.74) is 4.64. The predicted molar refractivity (Wildman–Crippen MR) is 111 cm³/mol. The first-order chi connectivity index (χ1) is 13.6. The number of rotatable bonds is 5. The van der Waals surface area contributed by atoms with E-state index in [1.54, 1.807) is 25.2 Å². The molecule has 2 heterocycles. The Labute approximate surface area is 165 Å². The molecule has 0 atom stereocenters. The van der Waals surface area contributed by atoms with Gasteiger partial charge in [0.05, 0.1) is 17.7 Å². The molecule has 0 spiro atoms. The van der Waals surface area contributed by atoms with E-state index in [1.165, 1.54) is 9.44 Å². The molecular weight excluding hydrogens is 376 g/mol. The fourth-order valence-electron chi connectivity index (χ4n) is 3.35. The van der Waals surface area contributed by atoms with Crippen molar-refractivity contribution >= 4 is 39.2 Å². The Bertz CT molecular complexity index is 1130. The maximum absolute atomic E-state index is 13.4. The fourth-order valence-corrected chi connectivity index (χ4v) is 4.60. The number of para-hydroxylation sites is 1. The van der Waals surface area contributed by atoms with E-state index in [1.807, 2.05) is 30.3 Å². The second-order valence-corrected chi connectivity index (χ2v) is 7.56. The number of thiophene rings is 1. The minimum atomic E-state index is -0.514. The van der Waals surface area contributed by atoms with Crippen LogP contribution in [0.15, 0.2) is 40.2 Å². The Balaban J connectivity index is 1.86. The average Bonchev–Trinajstić information content (AvgIpc) is 3.27. The van der Waals surface area contributed by atoms with Crippen molar-refractivity contribution in [2.24, 2.45) is 5.10 Å². The van der Waals surface area contributed by atoms with Crippen molar-refractivity contribution in [3.8, 4) is 5.69 Å². The summed E-state index contributed by atoms with van der Waals surface area (Å²) < 4.78 is 6.46. The minimum absolute atomic E-state index is 0.123. The quantitative estimate of drug-likeness (QED) is 0.406. The molecule has 144 valence electrons. The molecule has 0 saturated carbocycles. The molecule has 0 aliphatic heterocycles. The number of esters is 1. The number of benzene rings is 1. The second-order valence-electron chi connectivity index (χ2n) is 6.48. The first kappa shape index (κ1) is 18.4. The molecule has 8 heteroatoms. The fraction of sp³-hybridized carbons (Fsp3) is 0.300. The summed E-state index contributed by atoms with van der Waals surface area (Å²) in [6.07, 6.45) is 2.98. The van der Waals surface area contributed by atoms with Crippen LogP contribution in [0, 0.1) is 0 Å². The topological polar surface area (TPSA) is 85.6 Å². The Kier molecular flexibility index (Phi) is 4.95. The van der Waals surface area contributed by atoms with Crippen LogP contribution in [0.4, 0.5) is 5.95 Å². The average molecular weight is 396 g/mol. The highest BCUT2D eigenvalue weighted by Gasteiger charge is 2.23. The number of hydrogen-bond donors (Lipinski definition) is 1. The van der Waals surface area contributed by atoms with Gasteiger partial charge in [-0.15, -0.1) is 11.3 Å². The van der Waals surface area contributed by atoms with Gasteiger partial charge in [0.1, 0.15) is 10.5 Å². The summed E-state index contributed by atoms with van der Waals surface area (Å²) in [7, 11) is 0. The molecule has 7 nitrogen and oxygen atoms in total. The van der Waals surface area contributed by atoms with Gasteiger partial charge in [-0.1, -0.05) is 18.2 Å². The van der Waals surface area contributed by atoms with Crippen LogP contribution in [-0.4, -0.2) is 27.8 Å². The first-order valence-electron chi connectivity index (χ1n) is 9.20. The number of ether oxygens (including phenoxy) is 1. The standard InChI is InChI=1S/C20H20N4O3S/c1-3-27-19(26)12(2)22-23-20-21-17-16(14-10-7-11-15(14)28-17)18(25)24(20)13-8-5-4-6-9-13/h4-6,8-9H,3,7,10-11H2,1-2H3,(H,21,23). The Morgan fingerprint density at radius 2 is 2.11 bits per heavy atom. The van der Waals surface area contributed by atoms with Crippen LogP contribution in [0.2, 0.25) is 0 Å². The van der Waals surface area contributed by atoms with Crippen LogP contribution in [0.25, 0.3) is 15.9 Å². The van der Waals surface area contributed by atoms with Crippen LogP contribution in [0.1, 0.15) is 30.7 Å². The molecule has 2 aromatic heterocycles. The third kappa shape index (κ3) is 3.20. The lowest BCUT2D eigenvalue weighted by molar-refractivity contribution is -0.135. The van der Waals surface area contributed by atoms with Crippen molar-refractivity contribution in [1.29, 1.82) is 0 Å². The molecule has 1 aromatic carbocycles. The highest BCUT2D eigenvalue weighted by atomic mass is 32.1. The smallest absolute Gasteiger partial charge is 0.354 e. The molecule has 4 rings (SSSR count). The van der Waals surface area contributed by atoms with Crippen LogP contribution < -0.4 is 11.0 Å². The SMILES string of the molecule is CCOC(=O)C(C)=NNc1nc2sc3c(c2c(=O)n1-c1ccccc1)CCC3. The number of hydrogen-bond acceptors (Lipinski definition) is 7. The predicted octanol–water partition coefficient (Wildman–Crippen LogP) is 3.29. The molecule has 1 aliphatic carbocycles. The Hall–Kier alpha value is -3.00. The van der Waals surface area contributed by atoms with Gasteiger partial charge >= 0.3 is 5.97 Å². The molecule has 0 radical (unpaired) electrons. The van der Waals surface area contributed by atoms with E-state index in [0.717, 1.165) is 24.8 Å². The molecule has 0 saturated heterocycles. The van der Waals surface area contributed by atoms with Crippen molar-refractivity contribution < 1.29 is 9.53 Å². The van der Waals surface area contributed by atoms with Crippen molar-refractivity contribution in [3.63, 3.8) is 0 Å². The summed E-state index contributed by atoms with van der Waals surface area (Å²) >= 11 is 1.56. The van der Waals surface area contributed by atoms with E-state index in [2.05, 4.69) is 15.5 Å². The number of anilines is 1. The zero-order chi connectivity index (χ0) is 19.7. The van der Waals surface area contributed by atoms with Crippen LogP contribution >= 0.6 is 11.3 Å². The molecule has 0 amide bonds. The van der Waals surface area contributed by atoms with Gasteiger partial charge in [0.25, 0.3) is 5.56 Å². The summed E-state index contributed by atoms with van der Waals surface area (Å²) in [6.45, 7) is 3.55. The largest absolute Gasteiger partial charge is 0.461 e. The number of aryl methyl sites for hydroxylation is 2. The number of nitrogens with zero attached hydrogens (tertiary/aromatic N) is 3. The normalized spacial score (nSPS) is 13.6. The number of aromatic nitrogens is 2. The third-order valence-corrected chi connectivity index (χ3v) is 5.83. The molecule has 0 fully saturated rings. The molecular formula is C20H20N4O3S. The zero-order valence-electron chi connectivity index (χ0n) is 15.7. The summed E-state index contributed by atoms with van der Waals surface area (Å²) in [5.74, 6) is -0.243. The van der Waals surface area contributed by atoms with Gasteiger partial charge in [0.15, 0.2) is 0 Å². The molecule has 1 N–H and O–H groups in total. The Morgan fingerprint density at radius 3 is 2.86 bits per heavy atom.